The van der Waals surface area contributed by atoms with E-state index < -0.39 is 61.4 Å². The number of hydrogen-bond donors (Lipinski definition) is 3. The van der Waals surface area contributed by atoms with E-state index in [2.05, 4.69) is 51.3 Å². The Labute approximate surface area is 367 Å². The van der Waals surface area contributed by atoms with Crippen LogP contribution < -0.4 is 11.1 Å². The van der Waals surface area contributed by atoms with Crippen molar-refractivity contribution in [3.8, 4) is 0 Å². The summed E-state index contributed by atoms with van der Waals surface area (Å²) in [4.78, 5) is 21.6. The Kier molecular flexibility index (Phi) is 15.5. The molecule has 0 aromatic carbocycles. The largest absolute Gasteiger partial charge is 0.453 e. The average molecular weight is 840 g/mol. The lowest BCUT2D eigenvalue weighted by Crippen LogP contribution is -2.65. The van der Waals surface area contributed by atoms with Crippen molar-refractivity contribution in [3.63, 3.8) is 0 Å². The summed E-state index contributed by atoms with van der Waals surface area (Å²) in [6.07, 6.45) is 3.20. The summed E-state index contributed by atoms with van der Waals surface area (Å²) in [5, 5.41) is 12.0. The molecule has 0 heterocycles. The van der Waals surface area contributed by atoms with E-state index in [1.807, 2.05) is 13.8 Å². The molecule has 59 heavy (non-hydrogen) atoms. The molecule has 335 valence electrons. The van der Waals surface area contributed by atoms with Gasteiger partial charge in [0.1, 0.15) is 5.60 Å². The van der Waals surface area contributed by atoms with Gasteiger partial charge in [-0.3, -0.25) is 0 Å². The first-order valence-corrected chi connectivity index (χ1v) is 21.4. The number of alkyl carbamates (subject to hydrolysis) is 1. The van der Waals surface area contributed by atoms with Crippen LogP contribution >= 0.6 is 0 Å². The molecule has 0 aliphatic heterocycles. The van der Waals surface area contributed by atoms with Crippen molar-refractivity contribution in [2.45, 2.75) is 176 Å². The Bertz CT molecular complexity index is 1720. The minimum absolute atomic E-state index is 0.0322. The molecule has 8 aliphatic rings. The summed E-state index contributed by atoms with van der Waals surface area (Å²) < 4.78 is 93.9. The topological polar surface area (TPSA) is 111 Å². The van der Waals surface area contributed by atoms with Crippen LogP contribution in [0.3, 0.4) is 0 Å². The monoisotopic (exact) mass is 840 g/mol. The number of fused-ring (bicyclic) bond motifs is 5. The molecule has 1 radical (unpaired) electrons. The predicted octanol–water partition coefficient (Wildman–Crippen LogP) is 11.0. The van der Waals surface area contributed by atoms with Crippen molar-refractivity contribution >= 4 is 19.9 Å². The summed E-state index contributed by atoms with van der Waals surface area (Å²) in [7, 11) is 1.76. The standard InChI is InChI=1S/C19H32B.C12H21NO2.C7H15NO.C5H5F3O2.C5H7/c1-10-14-6-12(18(14,3)4)7-15(10)19(5)13-8-16(19)11(2)17(20)9-13;1-9-5-7-10(8-6-9)13-11(14)15-12(2,3)4;1-5-2-3-6(8)4-7(5)9;1-2-4(9)10-3-5(6,7)8;1-4-5(2)3/h10-17,20H,6-9H2,1-5H3;5,10H,6-8H2,1-4H3,(H,13,14);5-7,9H,2-4,8H2,1H3;2H,1,3H2;2,4H,1H2,3H3/q;;;;+1/t10-,11-,12+,13+,14-,15-,16-,17-,19?;10-;5-,6-,7-;;/m001../s1/i20D;7D2;4D2;;1D2. The van der Waals surface area contributed by atoms with Crippen LogP contribution in [0.25, 0.3) is 0 Å². The van der Waals surface area contributed by atoms with Crippen molar-refractivity contribution in [2.24, 2.45) is 63.9 Å². The van der Waals surface area contributed by atoms with Gasteiger partial charge in [0.05, 0.1) is 29.3 Å². The van der Waals surface area contributed by atoms with E-state index in [1.54, 1.807) is 41.6 Å². The molecule has 4 N–H and O–H groups in total. The van der Waals surface area contributed by atoms with Crippen molar-refractivity contribution in [2.75, 3.05) is 6.61 Å². The van der Waals surface area contributed by atoms with Crippen LogP contribution in [-0.2, 0) is 14.3 Å². The number of ether oxygens (including phenoxy) is 2. The lowest BCUT2D eigenvalue weighted by molar-refractivity contribution is -0.227. The summed E-state index contributed by atoms with van der Waals surface area (Å²) in [5.74, 6) is 5.96. The quantitative estimate of drug-likeness (QED) is 0.0614. The summed E-state index contributed by atoms with van der Waals surface area (Å²) in [6.45, 7) is 29.7. The number of hydrogen-bond acceptors (Lipinski definition) is 6. The highest BCUT2D eigenvalue weighted by molar-refractivity contribution is 6.12. The number of carbonyl (C=O) groups is 2. The van der Waals surface area contributed by atoms with E-state index in [0.29, 0.717) is 41.1 Å². The zero-order chi connectivity index (χ0) is 51.1. The van der Waals surface area contributed by atoms with Gasteiger partial charge in [-0.15, -0.1) is 0 Å². The zero-order valence-corrected chi connectivity index (χ0v) is 37.7. The molecule has 0 aromatic heterocycles. The maximum atomic E-state index is 11.6. The van der Waals surface area contributed by atoms with E-state index >= 15 is 0 Å². The van der Waals surface area contributed by atoms with E-state index in [0.717, 1.165) is 59.8 Å². The van der Waals surface area contributed by atoms with Gasteiger partial charge in [-0.1, -0.05) is 72.0 Å². The van der Waals surface area contributed by atoms with Crippen LogP contribution in [-0.4, -0.2) is 62.9 Å². The van der Waals surface area contributed by atoms with Gasteiger partial charge in [0.25, 0.3) is 0 Å². The van der Waals surface area contributed by atoms with E-state index in [-0.39, 0.29) is 12.4 Å². The number of carbonyl (C=O) groups excluding carboxylic acids is 2. The average Bonchev–Trinajstić information content (AvgIpc) is 3.17. The summed E-state index contributed by atoms with van der Waals surface area (Å²) >= 11 is 0. The van der Waals surface area contributed by atoms with Gasteiger partial charge in [0, 0.05) is 30.6 Å². The van der Waals surface area contributed by atoms with Crippen molar-refractivity contribution in [1.82, 2.24) is 5.32 Å². The Morgan fingerprint density at radius 3 is 2.14 bits per heavy atom. The lowest BCUT2D eigenvalue weighted by atomic mass is 9.32. The molecule has 0 saturated heterocycles. The molecule has 4 bridgehead atoms. The van der Waals surface area contributed by atoms with Crippen LogP contribution in [0.4, 0.5) is 18.0 Å². The first-order valence-electron chi connectivity index (χ1n) is 25.0. The molecule has 7 fully saturated rings. The second-order valence-corrected chi connectivity index (χ2v) is 19.7. The van der Waals surface area contributed by atoms with Gasteiger partial charge in [-0.05, 0) is 151 Å². The van der Waals surface area contributed by atoms with Crippen molar-refractivity contribution in [1.29, 1.82) is 1.34 Å². The first kappa shape index (κ1) is 41.7. The van der Waals surface area contributed by atoms with Crippen molar-refractivity contribution < 1.29 is 45.6 Å². The number of allylic oxidation sites excluding steroid dienone is 3. The zero-order valence-electron chi connectivity index (χ0n) is 44.7. The number of alkyl halides is 3. The predicted molar refractivity (Wildman–Crippen MR) is 236 cm³/mol. The number of aliphatic hydroxyl groups excluding tert-OH is 1. The number of aliphatic hydroxyl groups is 1. The second-order valence-electron chi connectivity index (χ2n) is 19.7. The van der Waals surface area contributed by atoms with Crippen LogP contribution in [0.2, 0.25) is 5.82 Å². The molecular weight excluding hydrogens is 752 g/mol. The number of halogens is 3. The number of amides is 1. The molecule has 1 unspecified atom stereocenters. The van der Waals surface area contributed by atoms with E-state index in [9.17, 15) is 27.9 Å². The second kappa shape index (κ2) is 22.0. The maximum absolute atomic E-state index is 11.6. The fourth-order valence-electron chi connectivity index (χ4n) is 10.1. The molecule has 0 spiro atoms. The van der Waals surface area contributed by atoms with Crippen LogP contribution in [0, 0.1) is 64.8 Å². The van der Waals surface area contributed by atoms with E-state index in [4.69, 9.17) is 26.6 Å². The molecule has 1 amide bonds. The fraction of sp³-hybridized carbons (Fsp3) is 0.792. The Hall–Kier alpha value is -2.62. The number of nitrogens with one attached hydrogen (secondary N) is 1. The molecule has 11 heteroatoms. The summed E-state index contributed by atoms with van der Waals surface area (Å²) in [6, 6.07) is -1.02. The highest BCUT2D eigenvalue weighted by Crippen LogP contribution is 2.74. The number of rotatable bonds is 6. The van der Waals surface area contributed by atoms with Crippen LogP contribution in [0.1, 0.15) is 148 Å². The number of nitrogens with two attached hydrogens (primary N) is 1. The third kappa shape index (κ3) is 15.4. The molecule has 13 atom stereocenters. The normalized spacial score (nSPS) is 39.5. The van der Waals surface area contributed by atoms with Gasteiger partial charge in [-0.2, -0.15) is 13.2 Å². The molecule has 0 aromatic rings. The van der Waals surface area contributed by atoms with Crippen LogP contribution in [0.5, 0.6) is 0 Å². The third-order valence-electron chi connectivity index (χ3n) is 13.9. The Morgan fingerprint density at radius 1 is 1.07 bits per heavy atom. The number of esters is 1. The van der Waals surface area contributed by atoms with Gasteiger partial charge < -0.3 is 25.6 Å². The van der Waals surface area contributed by atoms with Gasteiger partial charge >= 0.3 is 18.2 Å². The smallest absolute Gasteiger partial charge is 0.422 e. The SMILES string of the molecule is C=CC(=O)OCC(F)(F)F.[2H]C([2H])=CC(=[CH+])C.[2H]C1([2H])C=C(C)CC[C@H]1NC(=O)OC(C)(C)C.[2H]C1([2H])[C@H](N)CC[C@@H](C)[C@@H]1O.[2H][B][C@H]1C[C@H]2C[C@@H]([C@@H]1C)C2(C)[C@H]1C[C@H]2C[C@@H]([C@@H]1C)C2(C)C. The molecule has 8 rings (SSSR count). The minimum atomic E-state index is -4.46. The minimum Gasteiger partial charge on any atom is -0.453 e. The molecule has 7 nitrogen and oxygen atoms in total. The molecule has 8 aliphatic carbocycles. The third-order valence-corrected chi connectivity index (χ3v) is 13.9. The van der Waals surface area contributed by atoms with Gasteiger partial charge in [0.15, 0.2) is 12.2 Å². The van der Waals surface area contributed by atoms with Crippen molar-refractivity contribution in [3.05, 3.63) is 49.1 Å². The van der Waals surface area contributed by atoms with Gasteiger partial charge in [-0.25, -0.2) is 9.59 Å². The summed E-state index contributed by atoms with van der Waals surface area (Å²) in [5.41, 5.74) is 7.72. The molecule has 7 saturated carbocycles. The van der Waals surface area contributed by atoms with E-state index in [1.165, 1.54) is 31.8 Å². The molecular formula is C48H80BF3N2O5+. The first-order chi connectivity index (χ1) is 30.0. The van der Waals surface area contributed by atoms with Crippen LogP contribution in [0.15, 0.2) is 42.5 Å². The Morgan fingerprint density at radius 2 is 1.68 bits per heavy atom. The lowest BCUT2D eigenvalue weighted by Gasteiger charge is -2.72. The highest BCUT2D eigenvalue weighted by atomic mass is 19.4. The fourth-order valence-corrected chi connectivity index (χ4v) is 10.1. The maximum Gasteiger partial charge on any atom is 0.422 e. The van der Waals surface area contributed by atoms with Gasteiger partial charge in [0.2, 0.25) is 0 Å². The highest BCUT2D eigenvalue weighted by Gasteiger charge is 2.66. The Balaban J connectivity index is 0.000000300.